The number of fused-ring (bicyclic) bond motifs is 1. The lowest BCUT2D eigenvalue weighted by molar-refractivity contribution is 0.0708. The molecule has 4 aromatic rings. The minimum atomic E-state index is 0.0186. The third kappa shape index (κ3) is 3.60. The zero-order valence-electron chi connectivity index (χ0n) is 19.9. The van der Waals surface area contributed by atoms with Crippen molar-refractivity contribution in [1.82, 2.24) is 19.0 Å². The molecule has 2 fully saturated rings. The van der Waals surface area contributed by atoms with Crippen molar-refractivity contribution in [3.05, 3.63) is 48.0 Å². The third-order valence-electron chi connectivity index (χ3n) is 7.76. The second-order valence-corrected chi connectivity index (χ2v) is 10.4. The van der Waals surface area contributed by atoms with Gasteiger partial charge in [0.2, 0.25) is 0 Å². The molecule has 7 rings (SSSR count). The summed E-state index contributed by atoms with van der Waals surface area (Å²) in [5, 5.41) is 1.24. The Bertz CT molecular complexity index is 1450. The first-order valence-corrected chi connectivity index (χ1v) is 13.0. The number of nitrogens with zero attached hydrogens (tertiary/aromatic N) is 4. The number of rotatable bonds is 4. The SMILES string of the molecule is NC1CCCN(C(=O)c2cc3c4c(c2)nc(-c2cc5ccccc5n2CC2CC2)n4CCCO3)C1. The van der Waals surface area contributed by atoms with Crippen LogP contribution in [-0.4, -0.2) is 50.7 Å². The molecule has 4 heterocycles. The molecule has 0 spiro atoms. The number of imidazole rings is 1. The van der Waals surface area contributed by atoms with Crippen molar-refractivity contribution in [2.75, 3.05) is 19.7 Å². The topological polar surface area (TPSA) is 78.3 Å². The second kappa shape index (κ2) is 8.12. The summed E-state index contributed by atoms with van der Waals surface area (Å²) >= 11 is 0. The summed E-state index contributed by atoms with van der Waals surface area (Å²) in [5.74, 6) is 2.49. The van der Waals surface area contributed by atoms with Crippen molar-refractivity contribution in [2.45, 2.75) is 51.2 Å². The van der Waals surface area contributed by atoms with Crippen molar-refractivity contribution >= 4 is 27.8 Å². The van der Waals surface area contributed by atoms with Crippen LogP contribution in [0.5, 0.6) is 5.75 Å². The highest BCUT2D eigenvalue weighted by atomic mass is 16.5. The number of aryl methyl sites for hydroxylation is 1. The molecule has 2 aromatic carbocycles. The van der Waals surface area contributed by atoms with Gasteiger partial charge in [-0.1, -0.05) is 18.2 Å². The van der Waals surface area contributed by atoms with Gasteiger partial charge in [-0.3, -0.25) is 4.79 Å². The highest BCUT2D eigenvalue weighted by Crippen LogP contribution is 2.39. The fourth-order valence-electron chi connectivity index (χ4n) is 5.81. The number of carbonyl (C=O) groups excluding carboxylic acids is 1. The molecule has 1 atom stereocenters. The molecule has 1 unspecified atom stereocenters. The Hall–Kier alpha value is -3.32. The number of para-hydroxylation sites is 1. The number of hydrogen-bond donors (Lipinski definition) is 1. The molecular weight excluding hydrogens is 438 g/mol. The van der Waals surface area contributed by atoms with E-state index >= 15 is 0 Å². The van der Waals surface area contributed by atoms with E-state index in [1.54, 1.807) is 0 Å². The van der Waals surface area contributed by atoms with E-state index in [0.29, 0.717) is 18.7 Å². The molecule has 2 aromatic heterocycles. The summed E-state index contributed by atoms with van der Waals surface area (Å²) in [7, 11) is 0. The van der Waals surface area contributed by atoms with Crippen LogP contribution >= 0.6 is 0 Å². The maximum absolute atomic E-state index is 13.4. The second-order valence-electron chi connectivity index (χ2n) is 10.4. The molecule has 2 N–H and O–H groups in total. The van der Waals surface area contributed by atoms with Crippen LogP contribution in [0.3, 0.4) is 0 Å². The summed E-state index contributed by atoms with van der Waals surface area (Å²) in [6.07, 6.45) is 5.42. The maximum atomic E-state index is 13.4. The normalized spacial score (nSPS) is 20.3. The van der Waals surface area contributed by atoms with E-state index in [-0.39, 0.29) is 11.9 Å². The van der Waals surface area contributed by atoms with Gasteiger partial charge in [0.25, 0.3) is 5.91 Å². The maximum Gasteiger partial charge on any atom is 0.254 e. The summed E-state index contributed by atoms with van der Waals surface area (Å²) in [4.78, 5) is 20.4. The number of carbonyl (C=O) groups is 1. The monoisotopic (exact) mass is 469 g/mol. The third-order valence-corrected chi connectivity index (χ3v) is 7.76. The average Bonchev–Trinajstić information content (AvgIpc) is 3.57. The van der Waals surface area contributed by atoms with Gasteiger partial charge in [-0.25, -0.2) is 4.98 Å². The highest BCUT2D eigenvalue weighted by molar-refractivity contribution is 6.00. The number of nitrogens with two attached hydrogens (primary N) is 1. The summed E-state index contributed by atoms with van der Waals surface area (Å²) in [6, 6.07) is 14.8. The number of likely N-dealkylation sites (tertiary alicyclic amines) is 1. The smallest absolute Gasteiger partial charge is 0.254 e. The van der Waals surface area contributed by atoms with Gasteiger partial charge in [-0.05, 0) is 62.3 Å². The van der Waals surface area contributed by atoms with Crippen molar-refractivity contribution in [3.63, 3.8) is 0 Å². The van der Waals surface area contributed by atoms with Gasteiger partial charge in [0.15, 0.2) is 5.82 Å². The van der Waals surface area contributed by atoms with Crippen LogP contribution in [0.25, 0.3) is 33.5 Å². The highest BCUT2D eigenvalue weighted by Gasteiger charge is 2.29. The van der Waals surface area contributed by atoms with E-state index in [1.165, 1.54) is 23.7 Å². The van der Waals surface area contributed by atoms with Gasteiger partial charge in [-0.15, -0.1) is 0 Å². The first kappa shape index (κ1) is 21.0. The Morgan fingerprint density at radius 3 is 2.83 bits per heavy atom. The quantitative estimate of drug-likeness (QED) is 0.480. The van der Waals surface area contributed by atoms with Crippen molar-refractivity contribution in [3.8, 4) is 17.3 Å². The lowest BCUT2D eigenvalue weighted by Gasteiger charge is -2.30. The fraction of sp³-hybridized carbons (Fsp3) is 0.429. The lowest BCUT2D eigenvalue weighted by Crippen LogP contribution is -2.45. The number of aromatic nitrogens is 3. The van der Waals surface area contributed by atoms with Crippen LogP contribution in [0.1, 0.15) is 42.5 Å². The molecular formula is C28H31N5O2. The van der Waals surface area contributed by atoms with Gasteiger partial charge in [0.1, 0.15) is 11.3 Å². The van der Waals surface area contributed by atoms with Gasteiger partial charge >= 0.3 is 0 Å². The summed E-state index contributed by atoms with van der Waals surface area (Å²) < 4.78 is 10.9. The van der Waals surface area contributed by atoms with Crippen molar-refractivity contribution < 1.29 is 9.53 Å². The Kier molecular flexibility index (Phi) is 4.87. The average molecular weight is 470 g/mol. The summed E-state index contributed by atoms with van der Waals surface area (Å²) in [5.41, 5.74) is 11.0. The van der Waals surface area contributed by atoms with E-state index < -0.39 is 0 Å². The van der Waals surface area contributed by atoms with Gasteiger partial charge in [0, 0.05) is 48.7 Å². The van der Waals surface area contributed by atoms with Crippen LogP contribution in [0.15, 0.2) is 42.5 Å². The van der Waals surface area contributed by atoms with E-state index in [1.807, 2.05) is 17.0 Å². The predicted octanol–water partition coefficient (Wildman–Crippen LogP) is 4.41. The van der Waals surface area contributed by atoms with Gasteiger partial charge in [0.05, 0.1) is 17.8 Å². The fourth-order valence-corrected chi connectivity index (χ4v) is 5.81. The van der Waals surface area contributed by atoms with Crippen molar-refractivity contribution in [1.29, 1.82) is 0 Å². The van der Waals surface area contributed by atoms with Gasteiger partial charge < -0.3 is 24.5 Å². The number of benzene rings is 2. The molecule has 0 bridgehead atoms. The number of amides is 1. The Morgan fingerprint density at radius 1 is 1.09 bits per heavy atom. The predicted molar refractivity (Wildman–Crippen MR) is 137 cm³/mol. The van der Waals surface area contributed by atoms with Crippen molar-refractivity contribution in [2.24, 2.45) is 11.7 Å². The molecule has 180 valence electrons. The molecule has 0 radical (unpaired) electrons. The first-order valence-electron chi connectivity index (χ1n) is 13.0. The molecule has 7 nitrogen and oxygen atoms in total. The van der Waals surface area contributed by atoms with Crippen LogP contribution in [-0.2, 0) is 13.1 Å². The molecule has 1 saturated carbocycles. The Balaban J connectivity index is 1.38. The zero-order valence-corrected chi connectivity index (χ0v) is 19.9. The van der Waals surface area contributed by atoms with Crippen LogP contribution in [0.4, 0.5) is 0 Å². The van der Waals surface area contributed by atoms with Crippen LogP contribution < -0.4 is 10.5 Å². The molecule has 7 heteroatoms. The molecule has 1 aliphatic carbocycles. The van der Waals surface area contributed by atoms with Gasteiger partial charge in [-0.2, -0.15) is 0 Å². The molecule has 2 aliphatic heterocycles. The van der Waals surface area contributed by atoms with E-state index in [2.05, 4.69) is 39.5 Å². The Morgan fingerprint density at radius 2 is 1.97 bits per heavy atom. The van der Waals surface area contributed by atoms with E-state index in [0.717, 1.165) is 73.1 Å². The molecule has 1 amide bonds. The van der Waals surface area contributed by atoms with Crippen LogP contribution in [0, 0.1) is 5.92 Å². The lowest BCUT2D eigenvalue weighted by atomic mass is 10.0. The first-order chi connectivity index (χ1) is 17.2. The number of piperidine rings is 1. The zero-order chi connectivity index (χ0) is 23.5. The molecule has 1 saturated heterocycles. The minimum absolute atomic E-state index is 0.0186. The summed E-state index contributed by atoms with van der Waals surface area (Å²) in [6.45, 7) is 3.86. The van der Waals surface area contributed by atoms with E-state index in [9.17, 15) is 4.79 Å². The van der Waals surface area contributed by atoms with Crippen LogP contribution in [0.2, 0.25) is 0 Å². The minimum Gasteiger partial charge on any atom is -0.491 e. The molecule has 3 aliphatic rings. The number of ether oxygens (including phenoxy) is 1. The molecule has 35 heavy (non-hydrogen) atoms. The largest absolute Gasteiger partial charge is 0.491 e. The number of hydrogen-bond acceptors (Lipinski definition) is 4. The van der Waals surface area contributed by atoms with E-state index in [4.69, 9.17) is 15.5 Å². The Labute approximate surface area is 204 Å². The standard InChI is InChI=1S/C28H31N5O2/c29-21-6-3-10-31(17-21)28(34)20-13-22-26-25(15-20)35-12-4-11-32(26)27(30-22)24-14-19-5-1-2-7-23(19)33(24)16-18-8-9-18/h1-2,5,7,13-15,18,21H,3-4,6,8-12,16-17,29H2.